The number of aryl methyl sites for hydroxylation is 1. The average Bonchev–Trinajstić information content (AvgIpc) is 2.78. The molecule has 0 bridgehead atoms. The molecule has 96 valence electrons. The molecule has 0 aliphatic rings. The lowest BCUT2D eigenvalue weighted by Gasteiger charge is -2.14. The van der Waals surface area contributed by atoms with Crippen LogP contribution in [0.3, 0.4) is 0 Å². The number of rotatable bonds is 2. The molecule has 0 radical (unpaired) electrons. The Kier molecular flexibility index (Phi) is 2.80. The molecule has 0 saturated heterocycles. The van der Waals surface area contributed by atoms with E-state index in [1.807, 2.05) is 43.0 Å². The van der Waals surface area contributed by atoms with E-state index in [0.717, 1.165) is 27.7 Å². The zero-order valence-corrected chi connectivity index (χ0v) is 11.0. The number of benzene rings is 1. The minimum atomic E-state index is -0.179. The molecule has 0 saturated carbocycles. The van der Waals surface area contributed by atoms with Gasteiger partial charge < -0.3 is 5.73 Å². The molecule has 1 aromatic carbocycles. The van der Waals surface area contributed by atoms with Gasteiger partial charge in [-0.2, -0.15) is 5.10 Å². The maximum absolute atomic E-state index is 6.42. The second kappa shape index (κ2) is 4.48. The van der Waals surface area contributed by atoms with Gasteiger partial charge in [0.1, 0.15) is 0 Å². The minimum absolute atomic E-state index is 0.179. The summed E-state index contributed by atoms with van der Waals surface area (Å²) in [6, 6.07) is 9.87. The lowest BCUT2D eigenvalue weighted by atomic mass is 9.96. The van der Waals surface area contributed by atoms with E-state index >= 15 is 0 Å². The van der Waals surface area contributed by atoms with Gasteiger partial charge in [-0.05, 0) is 24.6 Å². The van der Waals surface area contributed by atoms with Gasteiger partial charge in [0.05, 0.1) is 17.8 Å². The van der Waals surface area contributed by atoms with Crippen molar-refractivity contribution in [2.24, 2.45) is 12.8 Å². The number of aromatic nitrogens is 3. The molecule has 3 rings (SSSR count). The first-order valence-corrected chi connectivity index (χ1v) is 6.26. The van der Waals surface area contributed by atoms with Crippen LogP contribution >= 0.6 is 0 Å². The van der Waals surface area contributed by atoms with Gasteiger partial charge in [0.15, 0.2) is 0 Å². The number of nitrogens with two attached hydrogens (primary N) is 1. The van der Waals surface area contributed by atoms with E-state index < -0.39 is 0 Å². The van der Waals surface area contributed by atoms with Crippen LogP contribution in [0.1, 0.15) is 22.9 Å². The first-order chi connectivity index (χ1) is 9.18. The normalized spacial score (nSPS) is 12.8. The number of pyridine rings is 1. The second-order valence-corrected chi connectivity index (χ2v) is 4.70. The van der Waals surface area contributed by atoms with Crippen molar-refractivity contribution in [1.29, 1.82) is 0 Å². The van der Waals surface area contributed by atoms with E-state index in [-0.39, 0.29) is 6.04 Å². The third kappa shape index (κ3) is 1.90. The summed E-state index contributed by atoms with van der Waals surface area (Å²) < 4.78 is 1.85. The van der Waals surface area contributed by atoms with Crippen LogP contribution in [0.5, 0.6) is 0 Å². The van der Waals surface area contributed by atoms with Crippen molar-refractivity contribution in [3.05, 3.63) is 59.5 Å². The smallest absolute Gasteiger partial charge is 0.0705 e. The molecule has 4 nitrogen and oxygen atoms in total. The zero-order valence-electron chi connectivity index (χ0n) is 11.0. The Bertz CT molecular complexity index is 725. The molecule has 2 heterocycles. The molecule has 1 atom stereocenters. The Balaban J connectivity index is 2.17. The Morgan fingerprint density at radius 1 is 1.16 bits per heavy atom. The number of fused-ring (bicyclic) bond motifs is 1. The highest BCUT2D eigenvalue weighted by Gasteiger charge is 2.16. The van der Waals surface area contributed by atoms with Crippen LogP contribution in [0.2, 0.25) is 0 Å². The summed E-state index contributed by atoms with van der Waals surface area (Å²) in [6.45, 7) is 2.03. The Hall–Kier alpha value is -2.20. The number of hydrogen-bond donors (Lipinski definition) is 1. The van der Waals surface area contributed by atoms with E-state index in [1.165, 1.54) is 0 Å². The maximum Gasteiger partial charge on any atom is 0.0705 e. The molecule has 3 aromatic rings. The standard InChI is InChI=1S/C15H16N4/c1-10-13(9-18-19(10)2)15(16)12-5-3-7-14-11(12)6-4-8-17-14/h3-9,15H,16H2,1-2H3. The molecule has 0 aliphatic carbocycles. The topological polar surface area (TPSA) is 56.7 Å². The molecule has 4 heteroatoms. The fourth-order valence-electron chi connectivity index (χ4n) is 2.39. The Labute approximate surface area is 111 Å². The van der Waals surface area contributed by atoms with Crippen molar-refractivity contribution in [3.8, 4) is 0 Å². The minimum Gasteiger partial charge on any atom is -0.320 e. The molecule has 0 spiro atoms. The lowest BCUT2D eigenvalue weighted by Crippen LogP contribution is -2.13. The van der Waals surface area contributed by atoms with Crippen molar-refractivity contribution in [2.45, 2.75) is 13.0 Å². The molecular formula is C15H16N4. The lowest BCUT2D eigenvalue weighted by molar-refractivity contribution is 0.734. The van der Waals surface area contributed by atoms with Crippen molar-refractivity contribution in [2.75, 3.05) is 0 Å². The Morgan fingerprint density at radius 2 is 2.00 bits per heavy atom. The largest absolute Gasteiger partial charge is 0.320 e. The number of nitrogens with zero attached hydrogens (tertiary/aromatic N) is 3. The van der Waals surface area contributed by atoms with Crippen molar-refractivity contribution in [1.82, 2.24) is 14.8 Å². The SMILES string of the molecule is Cc1c(C(N)c2cccc3ncccc23)cnn1C. The van der Waals surface area contributed by atoms with Gasteiger partial charge in [0.2, 0.25) is 0 Å². The maximum atomic E-state index is 6.42. The van der Waals surface area contributed by atoms with Gasteiger partial charge in [0, 0.05) is 29.9 Å². The van der Waals surface area contributed by atoms with E-state index in [4.69, 9.17) is 5.73 Å². The monoisotopic (exact) mass is 252 g/mol. The second-order valence-electron chi connectivity index (χ2n) is 4.70. The van der Waals surface area contributed by atoms with E-state index in [9.17, 15) is 0 Å². The molecule has 1 unspecified atom stereocenters. The summed E-state index contributed by atoms with van der Waals surface area (Å²) in [5, 5.41) is 5.36. The van der Waals surface area contributed by atoms with Crippen LogP contribution in [0, 0.1) is 6.92 Å². The summed E-state index contributed by atoms with van der Waals surface area (Å²) in [5.41, 5.74) is 10.6. The van der Waals surface area contributed by atoms with Gasteiger partial charge in [0.25, 0.3) is 0 Å². The van der Waals surface area contributed by atoms with Crippen LogP contribution in [0.25, 0.3) is 10.9 Å². The summed E-state index contributed by atoms with van der Waals surface area (Å²) in [5.74, 6) is 0. The highest BCUT2D eigenvalue weighted by Crippen LogP contribution is 2.27. The first-order valence-electron chi connectivity index (χ1n) is 6.26. The number of hydrogen-bond acceptors (Lipinski definition) is 3. The molecule has 2 aromatic heterocycles. The van der Waals surface area contributed by atoms with E-state index in [1.54, 1.807) is 6.20 Å². The van der Waals surface area contributed by atoms with Gasteiger partial charge in [-0.25, -0.2) is 0 Å². The molecular weight excluding hydrogens is 236 g/mol. The zero-order chi connectivity index (χ0) is 13.4. The third-order valence-electron chi connectivity index (χ3n) is 3.62. The summed E-state index contributed by atoms with van der Waals surface area (Å²) in [6.07, 6.45) is 3.64. The summed E-state index contributed by atoms with van der Waals surface area (Å²) in [4.78, 5) is 4.37. The van der Waals surface area contributed by atoms with Gasteiger partial charge in [-0.3, -0.25) is 9.67 Å². The predicted molar refractivity (Wildman–Crippen MR) is 75.7 cm³/mol. The quantitative estimate of drug-likeness (QED) is 0.761. The summed E-state index contributed by atoms with van der Waals surface area (Å²) in [7, 11) is 1.93. The molecule has 19 heavy (non-hydrogen) atoms. The van der Waals surface area contributed by atoms with Crippen LogP contribution < -0.4 is 5.73 Å². The van der Waals surface area contributed by atoms with E-state index in [2.05, 4.69) is 22.2 Å². The molecule has 0 amide bonds. The van der Waals surface area contributed by atoms with Crippen molar-refractivity contribution >= 4 is 10.9 Å². The highest BCUT2D eigenvalue weighted by molar-refractivity contribution is 5.82. The van der Waals surface area contributed by atoms with Crippen LogP contribution in [0.15, 0.2) is 42.7 Å². The third-order valence-corrected chi connectivity index (χ3v) is 3.62. The van der Waals surface area contributed by atoms with Crippen LogP contribution in [-0.4, -0.2) is 14.8 Å². The van der Waals surface area contributed by atoms with Crippen molar-refractivity contribution < 1.29 is 0 Å². The van der Waals surface area contributed by atoms with Crippen LogP contribution in [0.4, 0.5) is 0 Å². The van der Waals surface area contributed by atoms with Crippen LogP contribution in [-0.2, 0) is 7.05 Å². The van der Waals surface area contributed by atoms with Crippen molar-refractivity contribution in [3.63, 3.8) is 0 Å². The average molecular weight is 252 g/mol. The predicted octanol–water partition coefficient (Wildman–Crippen LogP) is 2.32. The van der Waals surface area contributed by atoms with Gasteiger partial charge >= 0.3 is 0 Å². The highest BCUT2D eigenvalue weighted by atomic mass is 15.3. The molecule has 2 N–H and O–H groups in total. The Morgan fingerprint density at radius 3 is 2.74 bits per heavy atom. The fourth-order valence-corrected chi connectivity index (χ4v) is 2.39. The first kappa shape index (κ1) is 11.9. The summed E-state index contributed by atoms with van der Waals surface area (Å²) >= 11 is 0. The molecule has 0 fully saturated rings. The molecule has 0 aliphatic heterocycles. The van der Waals surface area contributed by atoms with E-state index in [0.29, 0.717) is 0 Å². The fraction of sp³-hybridized carbons (Fsp3) is 0.200. The van der Waals surface area contributed by atoms with Gasteiger partial charge in [-0.1, -0.05) is 18.2 Å². The van der Waals surface area contributed by atoms with Gasteiger partial charge in [-0.15, -0.1) is 0 Å².